The van der Waals surface area contributed by atoms with E-state index in [4.69, 9.17) is 9.31 Å². The SMILES string of the molecule is CC(C)(C)CC(C)(C)c1ccc(-c2cc(-c3ccc(C(C)(C)CC(C)(C)C)cc3)cc(-c3cc(B4OC(C)(C)C(C)(C)O4)cc(-c4cc(-c5ccc(C(C)(C)CC(C)(C)C)cc5)cc(-c5ccc(C(C)(C)CC(C)(C)C)cc5)c4)c3)c2)cc1. The van der Waals surface area contributed by atoms with E-state index < -0.39 is 18.3 Å². The van der Waals surface area contributed by atoms with Gasteiger partial charge in [-0.2, -0.15) is 0 Å². The Balaban J connectivity index is 1.34. The normalized spacial score (nSPS) is 15.5. The highest BCUT2D eigenvalue weighted by atomic mass is 16.7. The predicted molar refractivity (Wildman–Crippen MR) is 363 cm³/mol. The van der Waals surface area contributed by atoms with Gasteiger partial charge in [0, 0.05) is 0 Å². The van der Waals surface area contributed by atoms with Crippen LogP contribution in [0.1, 0.15) is 214 Å². The monoisotopic (exact) mass is 1110 g/mol. The zero-order valence-corrected chi connectivity index (χ0v) is 56.2. The predicted octanol–water partition coefficient (Wildman–Crippen LogP) is 22.8. The largest absolute Gasteiger partial charge is 0.494 e. The topological polar surface area (TPSA) is 18.5 Å². The van der Waals surface area contributed by atoms with Crippen molar-refractivity contribution in [2.75, 3.05) is 0 Å². The van der Waals surface area contributed by atoms with Crippen molar-refractivity contribution in [2.45, 2.75) is 225 Å². The summed E-state index contributed by atoms with van der Waals surface area (Å²) in [6.07, 6.45) is 4.38. The van der Waals surface area contributed by atoms with E-state index in [-0.39, 0.29) is 43.3 Å². The zero-order valence-electron chi connectivity index (χ0n) is 56.2. The zero-order chi connectivity index (χ0) is 61.3. The first-order valence-corrected chi connectivity index (χ1v) is 31.2. The van der Waals surface area contributed by atoms with Crippen LogP contribution in [0, 0.1) is 21.7 Å². The molecule has 7 aromatic carbocycles. The van der Waals surface area contributed by atoms with Crippen molar-refractivity contribution in [2.24, 2.45) is 21.7 Å². The van der Waals surface area contributed by atoms with Gasteiger partial charge in [0.1, 0.15) is 0 Å². The lowest BCUT2D eigenvalue weighted by Crippen LogP contribution is -2.41. The van der Waals surface area contributed by atoms with Gasteiger partial charge in [-0.15, -0.1) is 0 Å². The van der Waals surface area contributed by atoms with Crippen LogP contribution >= 0.6 is 0 Å². The molecule has 8 rings (SSSR count). The first kappa shape index (κ1) is 63.5. The molecule has 440 valence electrons. The van der Waals surface area contributed by atoms with E-state index in [1.54, 1.807) is 0 Å². The Bertz CT molecular complexity index is 2980. The van der Waals surface area contributed by atoms with Crippen molar-refractivity contribution in [3.8, 4) is 66.8 Å². The molecule has 0 unspecified atom stereocenters. The van der Waals surface area contributed by atoms with Crippen molar-refractivity contribution in [1.82, 2.24) is 0 Å². The van der Waals surface area contributed by atoms with Crippen LogP contribution in [-0.4, -0.2) is 18.3 Å². The lowest BCUT2D eigenvalue weighted by Gasteiger charge is -2.33. The van der Waals surface area contributed by atoms with E-state index in [9.17, 15) is 0 Å². The molecular formula is C80H105BO2. The summed E-state index contributed by atoms with van der Waals surface area (Å²) in [6, 6.07) is 59.1. The van der Waals surface area contributed by atoms with Crippen LogP contribution < -0.4 is 5.46 Å². The maximum absolute atomic E-state index is 6.96. The van der Waals surface area contributed by atoms with Gasteiger partial charge in [0.15, 0.2) is 0 Å². The molecule has 0 aliphatic carbocycles. The minimum absolute atomic E-state index is 0.0345. The quantitative estimate of drug-likeness (QED) is 0.0953. The van der Waals surface area contributed by atoms with Crippen LogP contribution in [0.3, 0.4) is 0 Å². The fraction of sp³-hybridized carbons (Fsp3) is 0.475. The molecule has 0 saturated carbocycles. The van der Waals surface area contributed by atoms with Gasteiger partial charge in [-0.3, -0.25) is 0 Å². The van der Waals surface area contributed by atoms with Crippen LogP contribution in [0.4, 0.5) is 0 Å². The summed E-state index contributed by atoms with van der Waals surface area (Å²) in [5.74, 6) is 0. The Labute approximate surface area is 506 Å². The van der Waals surface area contributed by atoms with E-state index in [1.807, 2.05) is 0 Å². The van der Waals surface area contributed by atoms with Gasteiger partial charge >= 0.3 is 7.12 Å². The van der Waals surface area contributed by atoms with Crippen LogP contribution in [0.15, 0.2) is 152 Å². The van der Waals surface area contributed by atoms with Crippen LogP contribution in [0.5, 0.6) is 0 Å². The molecule has 2 nitrogen and oxygen atoms in total. The summed E-state index contributed by atoms with van der Waals surface area (Å²) in [5.41, 5.74) is 20.5. The highest BCUT2D eigenvalue weighted by Gasteiger charge is 2.52. The van der Waals surface area contributed by atoms with Gasteiger partial charge in [0.25, 0.3) is 0 Å². The maximum atomic E-state index is 6.96. The summed E-state index contributed by atoms with van der Waals surface area (Å²) in [7, 11) is -0.565. The van der Waals surface area contributed by atoms with Crippen LogP contribution in [0.2, 0.25) is 0 Å². The fourth-order valence-corrected chi connectivity index (χ4v) is 14.5. The molecule has 0 spiro atoms. The standard InChI is InChI=1S/C80H105BO2/c1-71(2,3)50-75(13,14)66-33-25-54(26-34-66)58-41-59(55-27-35-67(36-28-55)76(15,16)51-72(4,5)6)44-62(43-58)64-47-65(49-70(48-64)81-82-79(21,22)80(23,24)83-81)63-45-60(56-29-37-68(38-30-56)77(17,18)52-73(7,8)9)42-61(46-63)57-31-39-69(40-32-57)78(19,20)53-74(10,11)12/h25-49H,50-53H2,1-24H3. The van der Waals surface area contributed by atoms with Gasteiger partial charge in [-0.05, 0) is 234 Å². The minimum Gasteiger partial charge on any atom is -0.399 e. The van der Waals surface area contributed by atoms with Crippen LogP contribution in [-0.2, 0) is 31.0 Å². The molecule has 83 heavy (non-hydrogen) atoms. The molecule has 0 N–H and O–H groups in total. The van der Waals surface area contributed by atoms with Crippen molar-refractivity contribution < 1.29 is 9.31 Å². The molecule has 7 aromatic rings. The summed E-state index contributed by atoms with van der Waals surface area (Å²) in [5, 5.41) is 0. The third-order valence-electron chi connectivity index (χ3n) is 17.9. The number of rotatable bonds is 15. The Morgan fingerprint density at radius 1 is 0.253 bits per heavy atom. The summed E-state index contributed by atoms with van der Waals surface area (Å²) in [6.45, 7) is 55.9. The summed E-state index contributed by atoms with van der Waals surface area (Å²) >= 11 is 0. The Morgan fingerprint density at radius 2 is 0.422 bits per heavy atom. The molecule has 1 heterocycles. The smallest absolute Gasteiger partial charge is 0.399 e. The number of benzene rings is 7. The third kappa shape index (κ3) is 15.5. The molecule has 3 heteroatoms. The third-order valence-corrected chi connectivity index (χ3v) is 17.9. The average molecular weight is 1110 g/mol. The van der Waals surface area contributed by atoms with E-state index in [2.05, 4.69) is 318 Å². The molecule has 1 aliphatic heterocycles. The van der Waals surface area contributed by atoms with Gasteiger partial charge in [-0.25, -0.2) is 0 Å². The van der Waals surface area contributed by atoms with E-state index >= 15 is 0 Å². The minimum atomic E-state index is -0.565. The van der Waals surface area contributed by atoms with Gasteiger partial charge in [-0.1, -0.05) is 248 Å². The molecule has 0 radical (unpaired) electrons. The molecule has 1 aliphatic rings. The van der Waals surface area contributed by atoms with Gasteiger partial charge in [0.05, 0.1) is 11.2 Å². The average Bonchev–Trinajstić information content (AvgIpc) is 3.90. The second kappa shape index (κ2) is 22.4. The van der Waals surface area contributed by atoms with Crippen molar-refractivity contribution in [1.29, 1.82) is 0 Å². The number of hydrogen-bond donors (Lipinski definition) is 0. The second-order valence-corrected chi connectivity index (χ2v) is 33.8. The van der Waals surface area contributed by atoms with Crippen molar-refractivity contribution >= 4 is 12.6 Å². The lowest BCUT2D eigenvalue weighted by molar-refractivity contribution is 0.00578. The molecule has 0 amide bonds. The first-order valence-electron chi connectivity index (χ1n) is 31.2. The van der Waals surface area contributed by atoms with Crippen LogP contribution in [0.25, 0.3) is 66.8 Å². The molecule has 0 aromatic heterocycles. The van der Waals surface area contributed by atoms with Crippen molar-refractivity contribution in [3.63, 3.8) is 0 Å². The van der Waals surface area contributed by atoms with E-state index in [0.717, 1.165) is 53.4 Å². The first-order chi connectivity index (χ1) is 38.0. The highest BCUT2D eigenvalue weighted by Crippen LogP contribution is 2.45. The summed E-state index contributed by atoms with van der Waals surface area (Å²) in [4.78, 5) is 0. The Kier molecular flexibility index (Phi) is 17.2. The van der Waals surface area contributed by atoms with Gasteiger partial charge < -0.3 is 9.31 Å². The number of hydrogen-bond acceptors (Lipinski definition) is 2. The lowest BCUT2D eigenvalue weighted by atomic mass is 9.72. The maximum Gasteiger partial charge on any atom is 0.494 e. The Hall–Kier alpha value is -5.48. The molecule has 0 bridgehead atoms. The molecule has 1 saturated heterocycles. The second-order valence-electron chi connectivity index (χ2n) is 33.8. The van der Waals surface area contributed by atoms with Crippen molar-refractivity contribution in [3.05, 3.63) is 174 Å². The van der Waals surface area contributed by atoms with E-state index in [0.29, 0.717) is 0 Å². The highest BCUT2D eigenvalue weighted by molar-refractivity contribution is 6.62. The molecule has 0 atom stereocenters. The molecule has 1 fully saturated rings. The fourth-order valence-electron chi connectivity index (χ4n) is 14.5. The Morgan fingerprint density at radius 3 is 0.602 bits per heavy atom. The van der Waals surface area contributed by atoms with E-state index in [1.165, 1.54) is 66.8 Å². The molecular weight excluding hydrogens is 1000 g/mol. The summed E-state index contributed by atoms with van der Waals surface area (Å²) < 4.78 is 13.9. The van der Waals surface area contributed by atoms with Gasteiger partial charge in [0.2, 0.25) is 0 Å².